The second-order valence-corrected chi connectivity index (χ2v) is 5.26. The van der Waals surface area contributed by atoms with Gasteiger partial charge >= 0.3 is 0 Å². The molecule has 1 atom stereocenters. The predicted octanol–water partition coefficient (Wildman–Crippen LogP) is 2.81. The number of rotatable bonds is 7. The third kappa shape index (κ3) is 6.29. The topological polar surface area (TPSA) is 15.3 Å². The van der Waals surface area contributed by atoms with Crippen molar-refractivity contribution < 1.29 is 0 Å². The van der Waals surface area contributed by atoms with Gasteiger partial charge < -0.3 is 10.2 Å². The number of nitrogens with one attached hydrogen (secondary N) is 1. The van der Waals surface area contributed by atoms with Crippen LogP contribution in [0.25, 0.3) is 0 Å². The van der Waals surface area contributed by atoms with E-state index in [1.807, 2.05) is 0 Å². The zero-order chi connectivity index (χ0) is 11.8. The smallest absolute Gasteiger partial charge is 0.0107 e. The molecular formula is C14H28N2. The molecule has 2 nitrogen and oxygen atoms in total. The Balaban J connectivity index is 1.97. The van der Waals surface area contributed by atoms with Crippen molar-refractivity contribution >= 4 is 0 Å². The summed E-state index contributed by atoms with van der Waals surface area (Å²) in [6.07, 6.45) is 7.59. The number of likely N-dealkylation sites (tertiary alicyclic amines) is 1. The van der Waals surface area contributed by atoms with E-state index in [2.05, 4.69) is 37.1 Å². The first-order valence-electron chi connectivity index (χ1n) is 6.77. The minimum atomic E-state index is 0.651. The summed E-state index contributed by atoms with van der Waals surface area (Å²) in [7, 11) is 0. The van der Waals surface area contributed by atoms with Crippen LogP contribution >= 0.6 is 0 Å². The maximum atomic E-state index is 3.61. The molecule has 1 heterocycles. The van der Waals surface area contributed by atoms with Crippen LogP contribution in [0.4, 0.5) is 0 Å². The Bertz CT molecular complexity index is 201. The lowest BCUT2D eigenvalue weighted by molar-refractivity contribution is 0.327. The van der Waals surface area contributed by atoms with Gasteiger partial charge in [-0.3, -0.25) is 0 Å². The Kier molecular flexibility index (Phi) is 6.74. The Morgan fingerprint density at radius 2 is 2.00 bits per heavy atom. The summed E-state index contributed by atoms with van der Waals surface area (Å²) in [5.74, 6) is 0. The Hall–Kier alpha value is -0.340. The highest BCUT2D eigenvalue weighted by molar-refractivity contribution is 4.93. The molecule has 1 aliphatic heterocycles. The van der Waals surface area contributed by atoms with E-state index in [0.717, 1.165) is 6.54 Å². The van der Waals surface area contributed by atoms with Gasteiger partial charge in [0.05, 0.1) is 0 Å². The van der Waals surface area contributed by atoms with Gasteiger partial charge in [-0.05, 0) is 59.5 Å². The van der Waals surface area contributed by atoms with Crippen molar-refractivity contribution in [1.29, 1.82) is 0 Å². The molecule has 1 N–H and O–H groups in total. The van der Waals surface area contributed by atoms with Gasteiger partial charge in [-0.25, -0.2) is 0 Å². The summed E-state index contributed by atoms with van der Waals surface area (Å²) in [4.78, 5) is 2.57. The fourth-order valence-corrected chi connectivity index (χ4v) is 2.20. The molecule has 1 rings (SSSR count). The third-order valence-electron chi connectivity index (χ3n) is 3.27. The van der Waals surface area contributed by atoms with Crippen molar-refractivity contribution in [2.24, 2.45) is 0 Å². The number of hydrogen-bond acceptors (Lipinski definition) is 2. The zero-order valence-electron chi connectivity index (χ0n) is 11.3. The van der Waals surface area contributed by atoms with Crippen molar-refractivity contribution in [1.82, 2.24) is 10.2 Å². The molecular weight excluding hydrogens is 196 g/mol. The summed E-state index contributed by atoms with van der Waals surface area (Å²) in [6, 6.07) is 0.651. The van der Waals surface area contributed by atoms with Crippen molar-refractivity contribution in [2.75, 3.05) is 26.2 Å². The van der Waals surface area contributed by atoms with Gasteiger partial charge in [0.25, 0.3) is 0 Å². The van der Waals surface area contributed by atoms with Crippen molar-refractivity contribution in [2.45, 2.75) is 52.5 Å². The predicted molar refractivity (Wildman–Crippen MR) is 71.8 cm³/mol. The minimum absolute atomic E-state index is 0.651. The monoisotopic (exact) mass is 224 g/mol. The van der Waals surface area contributed by atoms with Crippen LogP contribution in [-0.4, -0.2) is 37.1 Å². The number of nitrogens with zero attached hydrogens (tertiary/aromatic N) is 1. The summed E-state index contributed by atoms with van der Waals surface area (Å²) in [6.45, 7) is 11.6. The molecule has 0 aromatic heterocycles. The first-order chi connectivity index (χ1) is 7.68. The van der Waals surface area contributed by atoms with Gasteiger partial charge in [0.15, 0.2) is 0 Å². The second kappa shape index (κ2) is 7.86. The summed E-state index contributed by atoms with van der Waals surface area (Å²) in [5.41, 5.74) is 1.43. The van der Waals surface area contributed by atoms with Crippen molar-refractivity contribution in [3.8, 4) is 0 Å². The van der Waals surface area contributed by atoms with Crippen molar-refractivity contribution in [3.05, 3.63) is 11.6 Å². The van der Waals surface area contributed by atoms with E-state index < -0.39 is 0 Å². The van der Waals surface area contributed by atoms with Crippen LogP contribution < -0.4 is 5.32 Å². The number of allylic oxidation sites excluding steroid dienone is 2. The summed E-state index contributed by atoms with van der Waals surface area (Å²) >= 11 is 0. The van der Waals surface area contributed by atoms with Crippen LogP contribution in [0.3, 0.4) is 0 Å². The fourth-order valence-electron chi connectivity index (χ4n) is 2.20. The molecule has 0 saturated carbocycles. The van der Waals surface area contributed by atoms with E-state index >= 15 is 0 Å². The molecule has 0 bridgehead atoms. The van der Waals surface area contributed by atoms with E-state index in [1.54, 1.807) is 0 Å². The maximum absolute atomic E-state index is 3.61. The molecule has 0 aromatic carbocycles. The van der Waals surface area contributed by atoms with Crippen LogP contribution in [0.1, 0.15) is 46.5 Å². The standard InChI is InChI=1S/C14H28N2/c1-13(2)7-6-8-14(3)15-9-12-16-10-4-5-11-16/h7,14-15H,4-6,8-12H2,1-3H3. The van der Waals surface area contributed by atoms with E-state index in [0.29, 0.717) is 6.04 Å². The molecule has 0 spiro atoms. The molecule has 0 amide bonds. The summed E-state index contributed by atoms with van der Waals surface area (Å²) in [5, 5.41) is 3.61. The first kappa shape index (κ1) is 13.7. The zero-order valence-corrected chi connectivity index (χ0v) is 11.3. The highest BCUT2D eigenvalue weighted by atomic mass is 15.1. The van der Waals surface area contributed by atoms with Gasteiger partial charge in [0.2, 0.25) is 0 Å². The van der Waals surface area contributed by atoms with Crippen LogP contribution in [0, 0.1) is 0 Å². The SMILES string of the molecule is CC(C)=CCCC(C)NCCN1CCCC1. The quantitative estimate of drug-likeness (QED) is 0.669. The van der Waals surface area contributed by atoms with E-state index in [9.17, 15) is 0 Å². The van der Waals surface area contributed by atoms with Gasteiger partial charge in [-0.1, -0.05) is 11.6 Å². The lowest BCUT2D eigenvalue weighted by Crippen LogP contribution is -2.34. The molecule has 16 heavy (non-hydrogen) atoms. The molecule has 94 valence electrons. The second-order valence-electron chi connectivity index (χ2n) is 5.26. The Morgan fingerprint density at radius 3 is 2.62 bits per heavy atom. The molecule has 1 aliphatic rings. The molecule has 1 saturated heterocycles. The van der Waals surface area contributed by atoms with E-state index in [1.165, 1.54) is 50.9 Å². The van der Waals surface area contributed by atoms with E-state index in [4.69, 9.17) is 0 Å². The average Bonchev–Trinajstić information content (AvgIpc) is 2.70. The molecule has 0 aromatic rings. The lowest BCUT2D eigenvalue weighted by atomic mass is 10.1. The van der Waals surface area contributed by atoms with Crippen LogP contribution in [0.2, 0.25) is 0 Å². The number of hydrogen-bond donors (Lipinski definition) is 1. The average molecular weight is 224 g/mol. The van der Waals surface area contributed by atoms with Gasteiger partial charge in [0, 0.05) is 19.1 Å². The highest BCUT2D eigenvalue weighted by Gasteiger charge is 2.10. The van der Waals surface area contributed by atoms with Crippen LogP contribution in [0.15, 0.2) is 11.6 Å². The first-order valence-corrected chi connectivity index (χ1v) is 6.77. The largest absolute Gasteiger partial charge is 0.313 e. The minimum Gasteiger partial charge on any atom is -0.313 e. The summed E-state index contributed by atoms with van der Waals surface area (Å²) < 4.78 is 0. The normalized spacial score (nSPS) is 18.7. The molecule has 0 aliphatic carbocycles. The third-order valence-corrected chi connectivity index (χ3v) is 3.27. The van der Waals surface area contributed by atoms with Gasteiger partial charge in [0.1, 0.15) is 0 Å². The van der Waals surface area contributed by atoms with Crippen LogP contribution in [0.5, 0.6) is 0 Å². The lowest BCUT2D eigenvalue weighted by Gasteiger charge is -2.17. The molecule has 2 heteroatoms. The Labute approximate surface area is 101 Å². The molecule has 1 unspecified atom stereocenters. The van der Waals surface area contributed by atoms with Gasteiger partial charge in [-0.2, -0.15) is 0 Å². The van der Waals surface area contributed by atoms with E-state index in [-0.39, 0.29) is 0 Å². The molecule has 0 radical (unpaired) electrons. The maximum Gasteiger partial charge on any atom is 0.0107 e. The Morgan fingerprint density at radius 1 is 1.31 bits per heavy atom. The molecule has 1 fully saturated rings. The van der Waals surface area contributed by atoms with Gasteiger partial charge in [-0.15, -0.1) is 0 Å². The van der Waals surface area contributed by atoms with Crippen LogP contribution in [-0.2, 0) is 0 Å². The fraction of sp³-hybridized carbons (Fsp3) is 0.857. The highest BCUT2D eigenvalue weighted by Crippen LogP contribution is 2.06. The van der Waals surface area contributed by atoms with Crippen molar-refractivity contribution in [3.63, 3.8) is 0 Å².